The SMILES string of the molecule is CCCSc1nnc2c(=O)n(-c3ccc(F)c(F)c3)ccn12. The maximum atomic E-state index is 13.3. The molecule has 0 amide bonds. The summed E-state index contributed by atoms with van der Waals surface area (Å²) in [6.45, 7) is 2.05. The maximum absolute atomic E-state index is 13.3. The number of halogens is 2. The molecule has 5 nitrogen and oxygen atoms in total. The number of fused-ring (bicyclic) bond motifs is 1. The highest BCUT2D eigenvalue weighted by Crippen LogP contribution is 2.17. The number of hydrogen-bond donors (Lipinski definition) is 0. The van der Waals surface area contributed by atoms with E-state index < -0.39 is 17.2 Å². The van der Waals surface area contributed by atoms with Gasteiger partial charge in [0.1, 0.15) is 0 Å². The van der Waals surface area contributed by atoms with Gasteiger partial charge >= 0.3 is 5.56 Å². The molecule has 0 radical (unpaired) electrons. The minimum absolute atomic E-state index is 0.144. The molecule has 0 atom stereocenters. The molecule has 0 fully saturated rings. The number of thioether (sulfide) groups is 1. The molecule has 3 aromatic rings. The van der Waals surface area contributed by atoms with Gasteiger partial charge in [-0.2, -0.15) is 0 Å². The van der Waals surface area contributed by atoms with Crippen LogP contribution in [0.25, 0.3) is 11.3 Å². The van der Waals surface area contributed by atoms with Crippen molar-refractivity contribution in [1.82, 2.24) is 19.2 Å². The van der Waals surface area contributed by atoms with Crippen LogP contribution in [0.5, 0.6) is 0 Å². The van der Waals surface area contributed by atoms with E-state index in [9.17, 15) is 13.6 Å². The van der Waals surface area contributed by atoms with Gasteiger partial charge in [-0.05, 0) is 18.6 Å². The van der Waals surface area contributed by atoms with Gasteiger partial charge in [-0.25, -0.2) is 8.78 Å². The summed E-state index contributed by atoms with van der Waals surface area (Å²) < 4.78 is 29.1. The van der Waals surface area contributed by atoms with Crippen LogP contribution in [0.15, 0.2) is 40.5 Å². The molecule has 0 saturated carbocycles. The molecule has 22 heavy (non-hydrogen) atoms. The molecule has 2 heterocycles. The van der Waals surface area contributed by atoms with E-state index in [1.54, 1.807) is 10.6 Å². The fourth-order valence-electron chi connectivity index (χ4n) is 2.00. The lowest BCUT2D eigenvalue weighted by molar-refractivity contribution is 0.508. The Hall–Kier alpha value is -2.22. The van der Waals surface area contributed by atoms with E-state index in [1.807, 2.05) is 6.92 Å². The van der Waals surface area contributed by atoms with Gasteiger partial charge < -0.3 is 0 Å². The zero-order chi connectivity index (χ0) is 15.7. The summed E-state index contributed by atoms with van der Waals surface area (Å²) in [6.07, 6.45) is 4.10. The van der Waals surface area contributed by atoms with Crippen LogP contribution in [0, 0.1) is 11.6 Å². The molecule has 0 N–H and O–H groups in total. The van der Waals surface area contributed by atoms with Crippen LogP contribution in [-0.2, 0) is 0 Å². The highest BCUT2D eigenvalue weighted by Gasteiger charge is 2.12. The van der Waals surface area contributed by atoms with Gasteiger partial charge in [-0.15, -0.1) is 10.2 Å². The quantitative estimate of drug-likeness (QED) is 0.693. The molecule has 0 aliphatic rings. The zero-order valence-electron chi connectivity index (χ0n) is 11.7. The van der Waals surface area contributed by atoms with Gasteiger partial charge in [-0.1, -0.05) is 18.7 Å². The molecule has 3 rings (SSSR count). The van der Waals surface area contributed by atoms with Gasteiger partial charge in [-0.3, -0.25) is 13.8 Å². The molecule has 114 valence electrons. The minimum Gasteiger partial charge on any atom is -0.279 e. The van der Waals surface area contributed by atoms with E-state index in [0.717, 1.165) is 24.3 Å². The topological polar surface area (TPSA) is 52.2 Å². The Bertz CT molecular complexity index is 890. The Kier molecular flexibility index (Phi) is 3.93. The predicted molar refractivity (Wildman–Crippen MR) is 79.5 cm³/mol. The van der Waals surface area contributed by atoms with Crippen LogP contribution in [0.4, 0.5) is 8.78 Å². The van der Waals surface area contributed by atoms with Crippen molar-refractivity contribution in [1.29, 1.82) is 0 Å². The molecule has 2 aromatic heterocycles. The summed E-state index contributed by atoms with van der Waals surface area (Å²) >= 11 is 1.50. The summed E-state index contributed by atoms with van der Waals surface area (Å²) in [4.78, 5) is 12.4. The van der Waals surface area contributed by atoms with Gasteiger partial charge in [0.05, 0.1) is 5.69 Å². The normalized spacial score (nSPS) is 11.2. The Morgan fingerprint density at radius 1 is 1.18 bits per heavy atom. The lowest BCUT2D eigenvalue weighted by Gasteiger charge is -2.06. The van der Waals surface area contributed by atoms with Crippen LogP contribution < -0.4 is 5.56 Å². The average molecular weight is 322 g/mol. The number of rotatable bonds is 4. The molecule has 8 heteroatoms. The summed E-state index contributed by atoms with van der Waals surface area (Å²) in [7, 11) is 0. The van der Waals surface area contributed by atoms with Crippen molar-refractivity contribution in [2.45, 2.75) is 18.5 Å². The summed E-state index contributed by atoms with van der Waals surface area (Å²) in [6, 6.07) is 3.28. The first-order chi connectivity index (χ1) is 10.6. The second-order valence-electron chi connectivity index (χ2n) is 4.60. The third-order valence-corrected chi connectivity index (χ3v) is 4.20. The molecule has 0 unspecified atom stereocenters. The van der Waals surface area contributed by atoms with Crippen LogP contribution >= 0.6 is 11.8 Å². The highest BCUT2D eigenvalue weighted by molar-refractivity contribution is 7.99. The molecule has 0 bridgehead atoms. The van der Waals surface area contributed by atoms with Gasteiger partial charge in [0.2, 0.25) is 5.65 Å². The second kappa shape index (κ2) is 5.88. The summed E-state index contributed by atoms with van der Waals surface area (Å²) in [5, 5.41) is 8.51. The van der Waals surface area contributed by atoms with Crippen molar-refractivity contribution in [3.63, 3.8) is 0 Å². The molecule has 0 saturated heterocycles. The van der Waals surface area contributed by atoms with Crippen LogP contribution in [0.1, 0.15) is 13.3 Å². The van der Waals surface area contributed by atoms with Crippen molar-refractivity contribution < 1.29 is 8.78 Å². The van der Waals surface area contributed by atoms with Crippen LogP contribution in [-0.4, -0.2) is 24.9 Å². The van der Waals surface area contributed by atoms with E-state index in [0.29, 0.717) is 5.16 Å². The van der Waals surface area contributed by atoms with Crippen molar-refractivity contribution in [3.05, 3.63) is 52.6 Å². The molecule has 1 aromatic carbocycles. The third-order valence-electron chi connectivity index (χ3n) is 3.06. The molecular formula is C14H12F2N4OS. The first-order valence-electron chi connectivity index (χ1n) is 6.66. The van der Waals surface area contributed by atoms with Gasteiger partial charge in [0.25, 0.3) is 0 Å². The summed E-state index contributed by atoms with van der Waals surface area (Å²) in [5.41, 5.74) is -0.0626. The van der Waals surface area contributed by atoms with E-state index >= 15 is 0 Å². The minimum atomic E-state index is -1.01. The van der Waals surface area contributed by atoms with E-state index in [1.165, 1.54) is 28.6 Å². The monoisotopic (exact) mass is 322 g/mol. The second-order valence-corrected chi connectivity index (χ2v) is 5.66. The number of nitrogens with zero attached hydrogens (tertiary/aromatic N) is 4. The lowest BCUT2D eigenvalue weighted by Crippen LogP contribution is -2.20. The lowest BCUT2D eigenvalue weighted by atomic mass is 10.3. The van der Waals surface area contributed by atoms with Crippen molar-refractivity contribution in [2.75, 3.05) is 5.75 Å². The smallest absolute Gasteiger partial charge is 0.279 e. The Morgan fingerprint density at radius 2 is 2.00 bits per heavy atom. The first kappa shape index (κ1) is 14.7. The van der Waals surface area contributed by atoms with Crippen LogP contribution in [0.3, 0.4) is 0 Å². The van der Waals surface area contributed by atoms with Crippen molar-refractivity contribution in [3.8, 4) is 5.69 Å². The fraction of sp³-hybridized carbons (Fsp3) is 0.214. The number of hydrogen-bond acceptors (Lipinski definition) is 4. The van der Waals surface area contributed by atoms with E-state index in [2.05, 4.69) is 10.2 Å². The molecule has 0 aliphatic heterocycles. The Balaban J connectivity index is 2.10. The maximum Gasteiger partial charge on any atom is 0.300 e. The Labute approximate surface area is 128 Å². The Morgan fingerprint density at radius 3 is 2.73 bits per heavy atom. The highest BCUT2D eigenvalue weighted by atomic mass is 32.2. The van der Waals surface area contributed by atoms with Crippen molar-refractivity contribution in [2.24, 2.45) is 0 Å². The first-order valence-corrected chi connectivity index (χ1v) is 7.65. The standard InChI is InChI=1S/C14H12F2N4OS/c1-2-7-22-14-18-17-12-13(21)19(5-6-20(12)14)9-3-4-10(15)11(16)8-9/h3-6,8H,2,7H2,1H3. The predicted octanol–water partition coefficient (Wildman–Crippen LogP) is 2.66. The average Bonchev–Trinajstić information content (AvgIpc) is 2.92. The van der Waals surface area contributed by atoms with E-state index in [-0.39, 0.29) is 11.3 Å². The zero-order valence-corrected chi connectivity index (χ0v) is 12.5. The molecule has 0 spiro atoms. The van der Waals surface area contributed by atoms with Gasteiger partial charge in [0, 0.05) is 24.2 Å². The number of benzene rings is 1. The van der Waals surface area contributed by atoms with Gasteiger partial charge in [0.15, 0.2) is 16.8 Å². The third kappa shape index (κ3) is 2.50. The largest absolute Gasteiger partial charge is 0.300 e. The summed E-state index contributed by atoms with van der Waals surface area (Å²) in [5.74, 6) is -1.10. The van der Waals surface area contributed by atoms with Crippen molar-refractivity contribution >= 4 is 17.4 Å². The fourth-order valence-corrected chi connectivity index (χ4v) is 2.77. The van der Waals surface area contributed by atoms with Crippen LogP contribution in [0.2, 0.25) is 0 Å². The molecular weight excluding hydrogens is 310 g/mol. The van der Waals surface area contributed by atoms with E-state index in [4.69, 9.17) is 0 Å². The number of aromatic nitrogens is 4. The molecule has 0 aliphatic carbocycles.